The molecule has 30 heavy (non-hydrogen) atoms. The van der Waals surface area contributed by atoms with E-state index in [0.717, 1.165) is 53.7 Å². The Bertz CT molecular complexity index is 1140. The van der Waals surface area contributed by atoms with Crippen molar-refractivity contribution >= 4 is 33.1 Å². The Kier molecular flexibility index (Phi) is 5.99. The van der Waals surface area contributed by atoms with Gasteiger partial charge in [0.2, 0.25) is 5.91 Å². The SMILES string of the molecule is COC1CCCN(Cc2cc3c(=O)n(C)cc(-c4ccnc(NC(C)=O)c4)c3s2)C1. The number of nitrogens with one attached hydrogen (secondary N) is 1. The molecular formula is C22H26N4O3S. The third kappa shape index (κ3) is 4.30. The summed E-state index contributed by atoms with van der Waals surface area (Å²) in [5.74, 6) is 0.331. The second-order valence-electron chi connectivity index (χ2n) is 7.76. The van der Waals surface area contributed by atoms with Crippen molar-refractivity contribution in [1.82, 2.24) is 14.5 Å². The summed E-state index contributed by atoms with van der Waals surface area (Å²) in [6.07, 6.45) is 6.03. The molecule has 1 aliphatic heterocycles. The summed E-state index contributed by atoms with van der Waals surface area (Å²) in [6, 6.07) is 5.77. The summed E-state index contributed by atoms with van der Waals surface area (Å²) < 4.78 is 8.13. The maximum Gasteiger partial charge on any atom is 0.259 e. The zero-order chi connectivity index (χ0) is 21.3. The summed E-state index contributed by atoms with van der Waals surface area (Å²) in [5, 5.41) is 3.45. The Morgan fingerprint density at radius 2 is 2.23 bits per heavy atom. The first-order chi connectivity index (χ1) is 14.4. The molecule has 4 rings (SSSR count). The van der Waals surface area contributed by atoms with Crippen LogP contribution in [0.25, 0.3) is 21.2 Å². The number of hydrogen-bond donors (Lipinski definition) is 1. The molecule has 1 fully saturated rings. The topological polar surface area (TPSA) is 76.5 Å². The van der Waals surface area contributed by atoms with E-state index in [1.54, 1.807) is 36.3 Å². The van der Waals surface area contributed by atoms with Crippen LogP contribution in [-0.4, -0.2) is 46.7 Å². The van der Waals surface area contributed by atoms with Gasteiger partial charge in [0, 0.05) is 61.7 Å². The molecule has 1 N–H and O–H groups in total. The standard InChI is InChI=1S/C22H26N4O3S/c1-14(27)24-20-9-15(6-7-23-20)19-13-25(2)22(28)18-10-17(30-21(18)19)12-26-8-4-5-16(11-26)29-3/h6-7,9-10,13,16H,4-5,8,11-12H2,1-3H3,(H,23,24,27). The molecule has 7 nitrogen and oxygen atoms in total. The number of carbonyl (C=O) groups excluding carboxylic acids is 1. The number of rotatable bonds is 5. The van der Waals surface area contributed by atoms with Gasteiger partial charge in [-0.3, -0.25) is 14.5 Å². The molecule has 0 bridgehead atoms. The van der Waals surface area contributed by atoms with Gasteiger partial charge in [0.15, 0.2) is 0 Å². The van der Waals surface area contributed by atoms with Gasteiger partial charge in [-0.2, -0.15) is 0 Å². The van der Waals surface area contributed by atoms with E-state index >= 15 is 0 Å². The van der Waals surface area contributed by atoms with E-state index < -0.39 is 0 Å². The molecule has 3 aromatic heterocycles. The molecular weight excluding hydrogens is 400 g/mol. The fraction of sp³-hybridized carbons (Fsp3) is 0.409. The van der Waals surface area contributed by atoms with Crippen LogP contribution in [0.15, 0.2) is 35.4 Å². The Hall–Kier alpha value is -2.55. The molecule has 1 unspecified atom stereocenters. The Labute approximate surface area is 179 Å². The van der Waals surface area contributed by atoms with Crippen molar-refractivity contribution in [2.75, 3.05) is 25.5 Å². The molecule has 1 atom stereocenters. The number of aromatic nitrogens is 2. The maximum absolute atomic E-state index is 12.8. The number of thiophene rings is 1. The number of pyridine rings is 2. The van der Waals surface area contributed by atoms with Crippen molar-refractivity contribution in [3.63, 3.8) is 0 Å². The molecule has 0 aliphatic carbocycles. The largest absolute Gasteiger partial charge is 0.380 e. The number of anilines is 1. The predicted molar refractivity (Wildman–Crippen MR) is 120 cm³/mol. The molecule has 0 spiro atoms. The lowest BCUT2D eigenvalue weighted by molar-refractivity contribution is -0.114. The van der Waals surface area contributed by atoms with Gasteiger partial charge in [-0.1, -0.05) is 0 Å². The number of piperidine rings is 1. The molecule has 8 heteroatoms. The van der Waals surface area contributed by atoms with Crippen LogP contribution in [0.5, 0.6) is 0 Å². The van der Waals surface area contributed by atoms with Crippen LogP contribution in [0.1, 0.15) is 24.6 Å². The number of aryl methyl sites for hydroxylation is 1. The minimum absolute atomic E-state index is 0.000743. The third-order valence-electron chi connectivity index (χ3n) is 5.45. The average molecular weight is 427 g/mol. The monoisotopic (exact) mass is 426 g/mol. The van der Waals surface area contributed by atoms with E-state index in [1.165, 1.54) is 11.8 Å². The Morgan fingerprint density at radius 1 is 1.40 bits per heavy atom. The molecule has 0 saturated carbocycles. The van der Waals surface area contributed by atoms with Gasteiger partial charge in [0.25, 0.3) is 5.56 Å². The van der Waals surface area contributed by atoms with E-state index in [1.807, 2.05) is 24.4 Å². The number of amides is 1. The van der Waals surface area contributed by atoms with Crippen LogP contribution >= 0.6 is 11.3 Å². The predicted octanol–water partition coefficient (Wildman–Crippen LogP) is 3.23. The molecule has 158 valence electrons. The van der Waals surface area contributed by atoms with E-state index in [-0.39, 0.29) is 17.6 Å². The van der Waals surface area contributed by atoms with Crippen molar-refractivity contribution in [2.45, 2.75) is 32.4 Å². The summed E-state index contributed by atoms with van der Waals surface area (Å²) in [7, 11) is 3.54. The minimum Gasteiger partial charge on any atom is -0.380 e. The van der Waals surface area contributed by atoms with Gasteiger partial charge in [-0.15, -0.1) is 11.3 Å². The van der Waals surface area contributed by atoms with Crippen LogP contribution in [0.2, 0.25) is 0 Å². The number of methoxy groups -OCH3 is 1. The summed E-state index contributed by atoms with van der Waals surface area (Å²) in [4.78, 5) is 32.0. The highest BCUT2D eigenvalue weighted by atomic mass is 32.1. The number of ether oxygens (including phenoxy) is 1. The first kappa shape index (κ1) is 20.7. The first-order valence-corrected chi connectivity index (χ1v) is 10.9. The summed E-state index contributed by atoms with van der Waals surface area (Å²) >= 11 is 1.66. The zero-order valence-electron chi connectivity index (χ0n) is 17.5. The van der Waals surface area contributed by atoms with Gasteiger partial charge in [0.05, 0.1) is 11.5 Å². The van der Waals surface area contributed by atoms with Crippen LogP contribution < -0.4 is 10.9 Å². The second kappa shape index (κ2) is 8.67. The van der Waals surface area contributed by atoms with Gasteiger partial charge in [-0.25, -0.2) is 4.98 Å². The third-order valence-corrected chi connectivity index (χ3v) is 6.60. The van der Waals surface area contributed by atoms with Gasteiger partial charge < -0.3 is 14.6 Å². The van der Waals surface area contributed by atoms with Crippen LogP contribution in [-0.2, 0) is 23.1 Å². The van der Waals surface area contributed by atoms with E-state index in [9.17, 15) is 9.59 Å². The van der Waals surface area contributed by atoms with Crippen molar-refractivity contribution in [1.29, 1.82) is 0 Å². The number of nitrogens with zero attached hydrogens (tertiary/aromatic N) is 3. The molecule has 4 heterocycles. The highest BCUT2D eigenvalue weighted by Crippen LogP contribution is 2.34. The van der Waals surface area contributed by atoms with Crippen molar-refractivity contribution < 1.29 is 9.53 Å². The highest BCUT2D eigenvalue weighted by molar-refractivity contribution is 7.19. The average Bonchev–Trinajstić information content (AvgIpc) is 3.14. The number of likely N-dealkylation sites (tertiary alicyclic amines) is 1. The van der Waals surface area contributed by atoms with Crippen molar-refractivity contribution in [3.05, 3.63) is 45.8 Å². The quantitative estimate of drug-likeness (QED) is 0.678. The van der Waals surface area contributed by atoms with Crippen LogP contribution in [0.3, 0.4) is 0 Å². The van der Waals surface area contributed by atoms with Crippen molar-refractivity contribution in [2.24, 2.45) is 7.05 Å². The Morgan fingerprint density at radius 3 is 3.00 bits per heavy atom. The lowest BCUT2D eigenvalue weighted by Crippen LogP contribution is -2.38. The number of fused-ring (bicyclic) bond motifs is 1. The number of hydrogen-bond acceptors (Lipinski definition) is 6. The van der Waals surface area contributed by atoms with Crippen molar-refractivity contribution in [3.8, 4) is 11.1 Å². The second-order valence-corrected chi connectivity index (χ2v) is 8.90. The van der Waals surface area contributed by atoms with Gasteiger partial charge in [-0.05, 0) is 43.1 Å². The molecule has 1 aliphatic rings. The number of carbonyl (C=O) groups is 1. The smallest absolute Gasteiger partial charge is 0.259 e. The summed E-state index contributed by atoms with van der Waals surface area (Å²) in [6.45, 7) is 4.23. The summed E-state index contributed by atoms with van der Waals surface area (Å²) in [5.41, 5.74) is 1.88. The molecule has 3 aromatic rings. The molecule has 0 radical (unpaired) electrons. The maximum atomic E-state index is 12.8. The molecule has 1 amide bonds. The first-order valence-electron chi connectivity index (χ1n) is 10.1. The van der Waals surface area contributed by atoms with E-state index in [4.69, 9.17) is 4.74 Å². The lowest BCUT2D eigenvalue weighted by Gasteiger charge is -2.31. The van der Waals surface area contributed by atoms with Crippen LogP contribution in [0.4, 0.5) is 5.82 Å². The minimum atomic E-state index is -0.167. The molecule has 0 aromatic carbocycles. The van der Waals surface area contributed by atoms with Gasteiger partial charge in [0.1, 0.15) is 5.82 Å². The van der Waals surface area contributed by atoms with E-state index in [2.05, 4.69) is 15.2 Å². The van der Waals surface area contributed by atoms with Gasteiger partial charge >= 0.3 is 0 Å². The normalized spacial score (nSPS) is 17.4. The molecule has 1 saturated heterocycles. The van der Waals surface area contributed by atoms with E-state index in [0.29, 0.717) is 5.82 Å². The van der Waals surface area contributed by atoms with Crippen LogP contribution in [0, 0.1) is 0 Å². The highest BCUT2D eigenvalue weighted by Gasteiger charge is 2.21. The lowest BCUT2D eigenvalue weighted by atomic mass is 10.1. The fourth-order valence-corrected chi connectivity index (χ4v) is 5.22. The fourth-order valence-electron chi connectivity index (χ4n) is 4.00. The Balaban J connectivity index is 1.72. The zero-order valence-corrected chi connectivity index (χ0v) is 18.3.